The Hall–Kier alpha value is -0.950. The van der Waals surface area contributed by atoms with Gasteiger partial charge in [-0.05, 0) is 14.0 Å². The second-order valence-electron chi connectivity index (χ2n) is 4.25. The number of aromatic nitrogens is 2. The normalized spacial score (nSPS) is 11.1. The number of hydrogen-bond donors (Lipinski definition) is 1. The van der Waals surface area contributed by atoms with Gasteiger partial charge in [0.15, 0.2) is 0 Å². The van der Waals surface area contributed by atoms with Crippen molar-refractivity contribution >= 4 is 0 Å². The Bertz CT molecular complexity index is 342. The fraction of sp³-hybridized carbons (Fsp3) is 0.769. The molecule has 0 saturated carbocycles. The lowest BCUT2D eigenvalue weighted by Crippen LogP contribution is -2.12. The van der Waals surface area contributed by atoms with Gasteiger partial charge in [-0.3, -0.25) is 4.68 Å². The maximum absolute atomic E-state index is 5.48. The van der Waals surface area contributed by atoms with Gasteiger partial charge in [-0.15, -0.1) is 0 Å². The summed E-state index contributed by atoms with van der Waals surface area (Å²) in [7, 11) is 3.59. The highest BCUT2D eigenvalue weighted by atomic mass is 16.5. The fourth-order valence-corrected chi connectivity index (χ4v) is 1.66. The Balaban J connectivity index is 2.07. The van der Waals surface area contributed by atoms with Crippen molar-refractivity contribution in [2.24, 2.45) is 0 Å². The van der Waals surface area contributed by atoms with E-state index in [1.165, 1.54) is 5.56 Å². The molecule has 0 spiro atoms. The van der Waals surface area contributed by atoms with Crippen molar-refractivity contribution in [3.05, 3.63) is 17.5 Å². The van der Waals surface area contributed by atoms with Gasteiger partial charge < -0.3 is 19.5 Å². The van der Waals surface area contributed by atoms with Gasteiger partial charge in [-0.1, -0.05) is 0 Å². The van der Waals surface area contributed by atoms with Gasteiger partial charge in [0.05, 0.1) is 45.3 Å². The lowest BCUT2D eigenvalue weighted by molar-refractivity contribution is 0.0225. The second kappa shape index (κ2) is 9.91. The third-order valence-electron chi connectivity index (χ3n) is 2.68. The zero-order valence-corrected chi connectivity index (χ0v) is 12.1. The lowest BCUT2D eigenvalue weighted by atomic mass is 10.3. The van der Waals surface area contributed by atoms with Crippen molar-refractivity contribution in [1.82, 2.24) is 15.1 Å². The van der Waals surface area contributed by atoms with Gasteiger partial charge in [-0.2, -0.15) is 5.10 Å². The number of hydrogen-bond acceptors (Lipinski definition) is 5. The summed E-state index contributed by atoms with van der Waals surface area (Å²) in [5, 5.41) is 7.56. The monoisotopic (exact) mass is 271 g/mol. The molecule has 0 bridgehead atoms. The maximum Gasteiger partial charge on any atom is 0.0701 e. The zero-order valence-electron chi connectivity index (χ0n) is 12.1. The molecular weight excluding hydrogens is 246 g/mol. The van der Waals surface area contributed by atoms with Crippen LogP contribution < -0.4 is 5.32 Å². The van der Waals surface area contributed by atoms with Crippen molar-refractivity contribution in [1.29, 1.82) is 0 Å². The van der Waals surface area contributed by atoms with E-state index >= 15 is 0 Å². The summed E-state index contributed by atoms with van der Waals surface area (Å²) in [5.74, 6) is 0. The van der Waals surface area contributed by atoms with Crippen LogP contribution in [-0.2, 0) is 27.3 Å². The van der Waals surface area contributed by atoms with Crippen LogP contribution in [0, 0.1) is 6.92 Å². The predicted octanol–water partition coefficient (Wildman–Crippen LogP) is 0.591. The third-order valence-corrected chi connectivity index (χ3v) is 2.68. The van der Waals surface area contributed by atoms with Crippen LogP contribution >= 0.6 is 0 Å². The third kappa shape index (κ3) is 6.68. The van der Waals surface area contributed by atoms with Crippen molar-refractivity contribution in [3.8, 4) is 0 Å². The maximum atomic E-state index is 5.48. The molecule has 6 nitrogen and oxygen atoms in total. The van der Waals surface area contributed by atoms with Gasteiger partial charge >= 0.3 is 0 Å². The quantitative estimate of drug-likeness (QED) is 0.597. The minimum absolute atomic E-state index is 0.604. The molecule has 0 atom stereocenters. The summed E-state index contributed by atoms with van der Waals surface area (Å²) in [4.78, 5) is 0. The highest BCUT2D eigenvalue weighted by Crippen LogP contribution is 2.04. The Kier molecular flexibility index (Phi) is 8.40. The largest absolute Gasteiger partial charge is 0.382 e. The minimum Gasteiger partial charge on any atom is -0.382 e. The first kappa shape index (κ1) is 16.1. The zero-order chi connectivity index (χ0) is 13.9. The molecule has 6 heteroatoms. The van der Waals surface area contributed by atoms with Crippen molar-refractivity contribution in [3.63, 3.8) is 0 Å². The highest BCUT2D eigenvalue weighted by Gasteiger charge is 2.03. The molecule has 19 heavy (non-hydrogen) atoms. The van der Waals surface area contributed by atoms with E-state index in [4.69, 9.17) is 14.2 Å². The van der Waals surface area contributed by atoms with Gasteiger partial charge in [0, 0.05) is 25.4 Å². The molecule has 0 aliphatic heterocycles. The van der Waals surface area contributed by atoms with Crippen LogP contribution in [0.4, 0.5) is 0 Å². The molecule has 0 aliphatic carbocycles. The summed E-state index contributed by atoms with van der Waals surface area (Å²) in [6.07, 6.45) is 2.06. The Morgan fingerprint density at radius 1 is 1.16 bits per heavy atom. The number of methoxy groups -OCH3 is 1. The van der Waals surface area contributed by atoms with Crippen molar-refractivity contribution < 1.29 is 14.2 Å². The number of nitrogens with one attached hydrogen (secondary N) is 1. The van der Waals surface area contributed by atoms with E-state index in [2.05, 4.69) is 16.6 Å². The summed E-state index contributed by atoms with van der Waals surface area (Å²) >= 11 is 0. The standard InChI is InChI=1S/C13H25N3O3/c1-12-13(10-14-2)11-16(15-12)4-5-18-8-9-19-7-6-17-3/h11,14H,4-10H2,1-3H3. The van der Waals surface area contributed by atoms with Crippen LogP contribution in [0.2, 0.25) is 0 Å². The predicted molar refractivity (Wildman–Crippen MR) is 73.2 cm³/mol. The summed E-state index contributed by atoms with van der Waals surface area (Å²) in [5.41, 5.74) is 2.29. The smallest absolute Gasteiger partial charge is 0.0701 e. The number of ether oxygens (including phenoxy) is 3. The average molecular weight is 271 g/mol. The molecule has 0 aliphatic rings. The lowest BCUT2D eigenvalue weighted by Gasteiger charge is -2.05. The number of nitrogens with zero attached hydrogens (tertiary/aromatic N) is 2. The molecule has 0 amide bonds. The summed E-state index contributed by atoms with van der Waals surface area (Å²) in [6.45, 7) is 6.73. The fourth-order valence-electron chi connectivity index (χ4n) is 1.66. The molecule has 0 radical (unpaired) electrons. The van der Waals surface area contributed by atoms with Gasteiger partial charge in [0.2, 0.25) is 0 Å². The summed E-state index contributed by atoms with van der Waals surface area (Å²) < 4.78 is 17.6. The van der Waals surface area contributed by atoms with E-state index in [0.29, 0.717) is 33.0 Å². The van der Waals surface area contributed by atoms with Crippen LogP contribution in [0.1, 0.15) is 11.3 Å². The molecule has 0 unspecified atom stereocenters. The average Bonchev–Trinajstić information content (AvgIpc) is 2.74. The van der Waals surface area contributed by atoms with E-state index < -0.39 is 0 Å². The minimum atomic E-state index is 0.604. The Labute approximate surface area is 115 Å². The van der Waals surface area contributed by atoms with E-state index in [1.807, 2.05) is 18.7 Å². The number of aryl methyl sites for hydroxylation is 1. The molecule has 110 valence electrons. The van der Waals surface area contributed by atoms with E-state index in [-0.39, 0.29) is 0 Å². The molecule has 0 saturated heterocycles. The Morgan fingerprint density at radius 3 is 2.53 bits per heavy atom. The molecule has 0 fully saturated rings. The molecular formula is C13H25N3O3. The topological polar surface area (TPSA) is 57.5 Å². The van der Waals surface area contributed by atoms with Crippen molar-refractivity contribution in [2.45, 2.75) is 20.0 Å². The van der Waals surface area contributed by atoms with Crippen LogP contribution in [0.3, 0.4) is 0 Å². The van der Waals surface area contributed by atoms with Gasteiger partial charge in [-0.25, -0.2) is 0 Å². The highest BCUT2D eigenvalue weighted by molar-refractivity contribution is 5.14. The van der Waals surface area contributed by atoms with Crippen LogP contribution in [0.25, 0.3) is 0 Å². The van der Waals surface area contributed by atoms with Gasteiger partial charge in [0.25, 0.3) is 0 Å². The molecule has 1 N–H and O–H groups in total. The molecule has 1 aromatic rings. The van der Waals surface area contributed by atoms with Crippen LogP contribution in [-0.4, -0.2) is 57.0 Å². The molecule has 1 aromatic heterocycles. The molecule has 1 heterocycles. The van der Waals surface area contributed by atoms with Gasteiger partial charge in [0.1, 0.15) is 0 Å². The van der Waals surface area contributed by atoms with E-state index in [1.54, 1.807) is 7.11 Å². The Morgan fingerprint density at radius 2 is 1.84 bits per heavy atom. The first-order valence-corrected chi connectivity index (χ1v) is 6.60. The molecule has 0 aromatic carbocycles. The first-order valence-electron chi connectivity index (χ1n) is 6.60. The number of rotatable bonds is 11. The van der Waals surface area contributed by atoms with Crippen LogP contribution in [0.5, 0.6) is 0 Å². The van der Waals surface area contributed by atoms with Crippen LogP contribution in [0.15, 0.2) is 6.20 Å². The van der Waals surface area contributed by atoms with E-state index in [0.717, 1.165) is 18.8 Å². The SMILES string of the molecule is CNCc1cn(CCOCCOCCOC)nc1C. The van der Waals surface area contributed by atoms with Crippen molar-refractivity contribution in [2.75, 3.05) is 47.2 Å². The first-order chi connectivity index (χ1) is 9.27. The van der Waals surface area contributed by atoms with E-state index in [9.17, 15) is 0 Å². The molecule has 1 rings (SSSR count). The summed E-state index contributed by atoms with van der Waals surface area (Å²) in [6, 6.07) is 0. The second-order valence-corrected chi connectivity index (χ2v) is 4.25.